The Balaban J connectivity index is 2.49. The normalized spacial score (nSPS) is 14.8. The van der Waals surface area contributed by atoms with Crippen LogP contribution in [-0.2, 0) is 0 Å². The van der Waals surface area contributed by atoms with Crippen LogP contribution in [0.25, 0.3) is 0 Å². The van der Waals surface area contributed by atoms with Crippen LogP contribution in [0.2, 0.25) is 0 Å². The number of aromatic nitrogens is 3. The number of nitrogens with one attached hydrogen (secondary N) is 2. The van der Waals surface area contributed by atoms with Crippen LogP contribution in [0.3, 0.4) is 0 Å². The first-order valence-electron chi connectivity index (χ1n) is 4.42. The number of aliphatic hydroxyl groups excluding tert-OH is 1. The van der Waals surface area contributed by atoms with Gasteiger partial charge in [-0.15, -0.1) is 0 Å². The van der Waals surface area contributed by atoms with Crippen molar-refractivity contribution in [3.63, 3.8) is 0 Å². The molecule has 0 bridgehead atoms. The van der Waals surface area contributed by atoms with Gasteiger partial charge in [0, 0.05) is 12.6 Å². The smallest absolute Gasteiger partial charge is 0.273 e. The van der Waals surface area contributed by atoms with Crippen molar-refractivity contribution in [3.05, 3.63) is 11.9 Å². The van der Waals surface area contributed by atoms with Gasteiger partial charge in [-0.05, 0) is 12.8 Å². The molecule has 6 nitrogen and oxygen atoms in total. The first-order valence-corrected chi connectivity index (χ1v) is 4.42. The van der Waals surface area contributed by atoms with Crippen molar-refractivity contribution >= 4 is 5.91 Å². The van der Waals surface area contributed by atoms with Gasteiger partial charge in [0.2, 0.25) is 0 Å². The Morgan fingerprint density at radius 3 is 2.93 bits per heavy atom. The molecule has 0 saturated carbocycles. The summed E-state index contributed by atoms with van der Waals surface area (Å²) in [7, 11) is 0. The molecular weight excluding hydrogens is 184 g/mol. The van der Waals surface area contributed by atoms with Crippen LogP contribution in [0.4, 0.5) is 0 Å². The Kier molecular flexibility index (Phi) is 3.58. The molecule has 6 heteroatoms. The standard InChI is InChI=1S/C8H14N4O2/c1-5(4-13)6(2)10-8(14)7-3-9-12-11-7/h3,5-6,13H,4H2,1-2H3,(H,10,14)(H,9,11,12). The highest BCUT2D eigenvalue weighted by atomic mass is 16.3. The summed E-state index contributed by atoms with van der Waals surface area (Å²) in [6.45, 7) is 3.73. The van der Waals surface area contributed by atoms with E-state index in [4.69, 9.17) is 5.11 Å². The largest absolute Gasteiger partial charge is 0.396 e. The van der Waals surface area contributed by atoms with Gasteiger partial charge in [0.05, 0.1) is 6.20 Å². The maximum absolute atomic E-state index is 11.4. The van der Waals surface area contributed by atoms with E-state index >= 15 is 0 Å². The van der Waals surface area contributed by atoms with Crippen molar-refractivity contribution < 1.29 is 9.90 Å². The van der Waals surface area contributed by atoms with Crippen LogP contribution >= 0.6 is 0 Å². The summed E-state index contributed by atoms with van der Waals surface area (Å²) in [4.78, 5) is 11.4. The molecule has 0 aromatic carbocycles. The lowest BCUT2D eigenvalue weighted by atomic mass is 10.1. The van der Waals surface area contributed by atoms with Crippen molar-refractivity contribution in [1.82, 2.24) is 20.7 Å². The number of carbonyl (C=O) groups excluding carboxylic acids is 1. The number of rotatable bonds is 4. The van der Waals surface area contributed by atoms with Crippen LogP contribution in [0.5, 0.6) is 0 Å². The number of hydrogen-bond donors (Lipinski definition) is 3. The second kappa shape index (κ2) is 4.71. The molecule has 0 spiro atoms. The highest BCUT2D eigenvalue weighted by molar-refractivity contribution is 5.91. The Morgan fingerprint density at radius 2 is 2.43 bits per heavy atom. The minimum atomic E-state index is -0.286. The maximum atomic E-state index is 11.4. The van der Waals surface area contributed by atoms with Crippen LogP contribution in [-0.4, -0.2) is 39.1 Å². The van der Waals surface area contributed by atoms with E-state index < -0.39 is 0 Å². The first kappa shape index (κ1) is 10.6. The highest BCUT2D eigenvalue weighted by Gasteiger charge is 2.16. The molecule has 3 N–H and O–H groups in total. The summed E-state index contributed by atoms with van der Waals surface area (Å²) in [5, 5.41) is 21.1. The lowest BCUT2D eigenvalue weighted by molar-refractivity contribution is 0.0911. The van der Waals surface area contributed by atoms with E-state index in [9.17, 15) is 4.79 Å². The molecule has 1 aromatic heterocycles. The van der Waals surface area contributed by atoms with Gasteiger partial charge in [-0.1, -0.05) is 6.92 Å². The lowest BCUT2D eigenvalue weighted by Crippen LogP contribution is -2.38. The summed E-state index contributed by atoms with van der Waals surface area (Å²) in [5.41, 5.74) is 0.252. The fourth-order valence-corrected chi connectivity index (χ4v) is 0.892. The average Bonchev–Trinajstić information content (AvgIpc) is 2.69. The molecule has 1 aromatic rings. The van der Waals surface area contributed by atoms with Crippen LogP contribution in [0.15, 0.2) is 6.20 Å². The van der Waals surface area contributed by atoms with Gasteiger partial charge in [0.1, 0.15) is 0 Å². The van der Waals surface area contributed by atoms with E-state index in [-0.39, 0.29) is 30.2 Å². The van der Waals surface area contributed by atoms with E-state index in [1.807, 2.05) is 13.8 Å². The van der Waals surface area contributed by atoms with Gasteiger partial charge < -0.3 is 10.4 Å². The SMILES string of the molecule is CC(CO)C(C)NC(=O)c1cn[nH]n1. The van der Waals surface area contributed by atoms with E-state index in [0.717, 1.165) is 0 Å². The van der Waals surface area contributed by atoms with Crippen LogP contribution < -0.4 is 5.32 Å². The summed E-state index contributed by atoms with van der Waals surface area (Å²) < 4.78 is 0. The number of aliphatic hydroxyl groups is 1. The Morgan fingerprint density at radius 1 is 1.71 bits per heavy atom. The van der Waals surface area contributed by atoms with Gasteiger partial charge in [-0.2, -0.15) is 15.4 Å². The lowest BCUT2D eigenvalue weighted by Gasteiger charge is -2.18. The quantitative estimate of drug-likeness (QED) is 0.611. The zero-order valence-corrected chi connectivity index (χ0v) is 8.19. The number of nitrogens with zero attached hydrogens (tertiary/aromatic N) is 2. The molecule has 0 saturated heterocycles. The summed E-state index contributed by atoms with van der Waals surface area (Å²) in [5.74, 6) is -0.266. The minimum Gasteiger partial charge on any atom is -0.396 e. The van der Waals surface area contributed by atoms with Gasteiger partial charge in [-0.25, -0.2) is 0 Å². The molecule has 2 atom stereocenters. The molecular formula is C8H14N4O2. The Hall–Kier alpha value is -1.43. The third kappa shape index (κ3) is 2.53. The van der Waals surface area contributed by atoms with Gasteiger partial charge >= 0.3 is 0 Å². The molecule has 78 valence electrons. The third-order valence-corrected chi connectivity index (χ3v) is 2.15. The predicted molar refractivity (Wildman–Crippen MR) is 49.6 cm³/mol. The maximum Gasteiger partial charge on any atom is 0.273 e. The molecule has 0 fully saturated rings. The first-order chi connectivity index (χ1) is 6.65. The van der Waals surface area contributed by atoms with Crippen molar-refractivity contribution in [3.8, 4) is 0 Å². The number of H-pyrrole nitrogens is 1. The van der Waals surface area contributed by atoms with Crippen LogP contribution in [0, 0.1) is 5.92 Å². The van der Waals surface area contributed by atoms with Gasteiger partial charge in [0.25, 0.3) is 5.91 Å². The third-order valence-electron chi connectivity index (χ3n) is 2.15. The number of carbonyl (C=O) groups is 1. The van der Waals surface area contributed by atoms with E-state index in [1.165, 1.54) is 6.20 Å². The summed E-state index contributed by atoms with van der Waals surface area (Å²) in [6.07, 6.45) is 1.35. The topological polar surface area (TPSA) is 90.9 Å². The molecule has 14 heavy (non-hydrogen) atoms. The number of hydrogen-bond acceptors (Lipinski definition) is 4. The van der Waals surface area contributed by atoms with Crippen LogP contribution in [0.1, 0.15) is 24.3 Å². The molecule has 1 amide bonds. The summed E-state index contributed by atoms with van der Waals surface area (Å²) >= 11 is 0. The predicted octanol–water partition coefficient (Wildman–Crippen LogP) is -0.449. The number of aromatic amines is 1. The molecule has 2 unspecified atom stereocenters. The van der Waals surface area contributed by atoms with Crippen molar-refractivity contribution in [1.29, 1.82) is 0 Å². The fraction of sp³-hybridized carbons (Fsp3) is 0.625. The molecule has 0 aliphatic carbocycles. The molecule has 0 radical (unpaired) electrons. The molecule has 0 aliphatic rings. The number of amides is 1. The molecule has 0 aliphatic heterocycles. The van der Waals surface area contributed by atoms with Gasteiger partial charge in [-0.3, -0.25) is 4.79 Å². The second-order valence-electron chi connectivity index (χ2n) is 3.28. The average molecular weight is 198 g/mol. The van der Waals surface area contributed by atoms with E-state index in [2.05, 4.69) is 20.7 Å². The van der Waals surface area contributed by atoms with Crippen molar-refractivity contribution in [2.75, 3.05) is 6.61 Å². The summed E-state index contributed by atoms with van der Waals surface area (Å²) in [6, 6.07) is -0.0933. The van der Waals surface area contributed by atoms with E-state index in [1.54, 1.807) is 0 Å². The molecule has 1 heterocycles. The Labute approximate surface area is 81.7 Å². The monoisotopic (exact) mass is 198 g/mol. The zero-order chi connectivity index (χ0) is 10.6. The Bertz CT molecular complexity index is 286. The molecule has 1 rings (SSSR count). The van der Waals surface area contributed by atoms with Gasteiger partial charge in [0.15, 0.2) is 5.69 Å². The second-order valence-corrected chi connectivity index (χ2v) is 3.28. The highest BCUT2D eigenvalue weighted by Crippen LogP contribution is 2.01. The fourth-order valence-electron chi connectivity index (χ4n) is 0.892. The van der Waals surface area contributed by atoms with E-state index in [0.29, 0.717) is 0 Å². The van der Waals surface area contributed by atoms with Crippen molar-refractivity contribution in [2.24, 2.45) is 5.92 Å². The minimum absolute atomic E-state index is 0.0193. The zero-order valence-electron chi connectivity index (χ0n) is 8.19. The van der Waals surface area contributed by atoms with Crippen molar-refractivity contribution in [2.45, 2.75) is 19.9 Å².